The molecular formula is C22H19N5O. The van der Waals surface area contributed by atoms with Crippen LogP contribution in [0.4, 0.5) is 5.69 Å². The number of aromatic nitrogens is 4. The van der Waals surface area contributed by atoms with Crippen molar-refractivity contribution >= 4 is 23.0 Å². The Morgan fingerprint density at radius 2 is 2.11 bits per heavy atom. The molecule has 0 saturated heterocycles. The summed E-state index contributed by atoms with van der Waals surface area (Å²) in [5, 5.41) is 8.63. The molecule has 0 radical (unpaired) electrons. The summed E-state index contributed by atoms with van der Waals surface area (Å²) in [6, 6.07) is 13.8. The van der Waals surface area contributed by atoms with Gasteiger partial charge in [-0.1, -0.05) is 6.07 Å². The number of nitrogens with one attached hydrogen (secondary N) is 1. The Bertz CT molecular complexity index is 1210. The molecule has 0 spiro atoms. The number of hydrogen-bond donors (Lipinski definition) is 1. The van der Waals surface area contributed by atoms with Gasteiger partial charge in [-0.25, -0.2) is 0 Å². The van der Waals surface area contributed by atoms with Gasteiger partial charge in [-0.15, -0.1) is 0 Å². The second kappa shape index (κ2) is 6.56. The van der Waals surface area contributed by atoms with E-state index in [1.54, 1.807) is 0 Å². The molecule has 3 aromatic heterocycles. The van der Waals surface area contributed by atoms with E-state index in [9.17, 15) is 4.79 Å². The number of amides is 1. The molecule has 1 N–H and O–H groups in total. The fourth-order valence-electron chi connectivity index (χ4n) is 3.99. The fraction of sp³-hybridized carbons (Fsp3) is 0.182. The Balaban J connectivity index is 1.80. The average Bonchev–Trinajstić information content (AvgIpc) is 3.29. The number of nitrogens with zero attached hydrogens (tertiary/aromatic N) is 4. The van der Waals surface area contributed by atoms with Gasteiger partial charge in [0, 0.05) is 40.8 Å². The van der Waals surface area contributed by atoms with Crippen molar-refractivity contribution in [1.29, 1.82) is 0 Å². The normalized spacial score (nSPS) is 12.9. The monoisotopic (exact) mass is 369 g/mol. The van der Waals surface area contributed by atoms with Crippen LogP contribution in [0.3, 0.4) is 0 Å². The summed E-state index contributed by atoms with van der Waals surface area (Å²) in [4.78, 5) is 20.1. The van der Waals surface area contributed by atoms with Gasteiger partial charge in [-0.3, -0.25) is 19.4 Å². The molecule has 0 fully saturated rings. The van der Waals surface area contributed by atoms with Crippen molar-refractivity contribution in [2.75, 3.05) is 5.32 Å². The van der Waals surface area contributed by atoms with E-state index in [0.29, 0.717) is 6.41 Å². The molecule has 0 aliphatic carbocycles. The molecule has 5 rings (SSSR count). The quantitative estimate of drug-likeness (QED) is 0.552. The van der Waals surface area contributed by atoms with Gasteiger partial charge in [-0.05, 0) is 61.7 Å². The lowest BCUT2D eigenvalue weighted by atomic mass is 9.96. The first kappa shape index (κ1) is 16.6. The number of carbonyl (C=O) groups excluding carboxylic acids is 1. The van der Waals surface area contributed by atoms with Gasteiger partial charge in [0.1, 0.15) is 5.69 Å². The third kappa shape index (κ3) is 2.65. The second-order valence-corrected chi connectivity index (χ2v) is 7.01. The van der Waals surface area contributed by atoms with Gasteiger partial charge in [0.05, 0.1) is 11.2 Å². The van der Waals surface area contributed by atoms with Gasteiger partial charge in [0.25, 0.3) is 0 Å². The molecule has 6 nitrogen and oxygen atoms in total. The van der Waals surface area contributed by atoms with Crippen molar-refractivity contribution in [2.45, 2.75) is 26.3 Å². The zero-order chi connectivity index (χ0) is 19.1. The van der Waals surface area contributed by atoms with Crippen LogP contribution in [0.2, 0.25) is 0 Å². The molecule has 0 bridgehead atoms. The van der Waals surface area contributed by atoms with Crippen molar-refractivity contribution in [3.8, 4) is 22.5 Å². The van der Waals surface area contributed by atoms with Crippen LogP contribution in [0.15, 0.2) is 48.7 Å². The molecule has 1 aliphatic heterocycles. The number of pyridine rings is 2. The van der Waals surface area contributed by atoms with Crippen LogP contribution in [0.5, 0.6) is 0 Å². The minimum absolute atomic E-state index is 0.691. The molecule has 0 saturated carbocycles. The van der Waals surface area contributed by atoms with E-state index >= 15 is 0 Å². The van der Waals surface area contributed by atoms with Crippen molar-refractivity contribution < 1.29 is 4.79 Å². The van der Waals surface area contributed by atoms with E-state index in [1.807, 2.05) is 55.6 Å². The summed E-state index contributed by atoms with van der Waals surface area (Å²) in [6.45, 7) is 2.92. The SMILES string of the molecule is Cc1cccc(-c2nn3c(c2-c2ccnc4ccc(NC=O)cc24)CCC3)n1. The second-order valence-electron chi connectivity index (χ2n) is 7.01. The Kier molecular flexibility index (Phi) is 3.90. The molecule has 0 atom stereocenters. The van der Waals surface area contributed by atoms with E-state index < -0.39 is 0 Å². The molecular weight excluding hydrogens is 350 g/mol. The summed E-state index contributed by atoms with van der Waals surface area (Å²) >= 11 is 0. The molecule has 0 unspecified atom stereocenters. The number of carbonyl (C=O) groups is 1. The van der Waals surface area contributed by atoms with Gasteiger partial charge in [0.15, 0.2) is 0 Å². The van der Waals surface area contributed by atoms with Gasteiger partial charge < -0.3 is 5.32 Å². The zero-order valence-electron chi connectivity index (χ0n) is 15.5. The number of benzene rings is 1. The topological polar surface area (TPSA) is 72.7 Å². The first-order valence-corrected chi connectivity index (χ1v) is 9.37. The number of aryl methyl sites for hydroxylation is 2. The lowest BCUT2D eigenvalue weighted by Gasteiger charge is -2.10. The molecule has 4 aromatic rings. The number of fused-ring (bicyclic) bond motifs is 2. The first-order valence-electron chi connectivity index (χ1n) is 9.37. The zero-order valence-corrected chi connectivity index (χ0v) is 15.5. The highest BCUT2D eigenvalue weighted by Gasteiger charge is 2.25. The maximum atomic E-state index is 10.9. The van der Waals surface area contributed by atoms with Crippen molar-refractivity contribution in [3.63, 3.8) is 0 Å². The summed E-state index contributed by atoms with van der Waals surface area (Å²) in [7, 11) is 0. The largest absolute Gasteiger partial charge is 0.329 e. The standard InChI is InChI=1S/C22H19N5O/c1-14-4-2-5-19(25-14)22-21(20-6-3-11-27(20)26-22)16-9-10-23-18-8-7-15(24-13-28)12-17(16)18/h2,4-5,7-10,12-13H,3,6,11H2,1H3,(H,24,28). The lowest BCUT2D eigenvalue weighted by Crippen LogP contribution is -1.95. The van der Waals surface area contributed by atoms with E-state index in [4.69, 9.17) is 10.1 Å². The van der Waals surface area contributed by atoms with E-state index in [1.165, 1.54) is 5.69 Å². The molecule has 1 amide bonds. The predicted molar refractivity (Wildman–Crippen MR) is 109 cm³/mol. The van der Waals surface area contributed by atoms with E-state index in [2.05, 4.69) is 15.0 Å². The third-order valence-corrected chi connectivity index (χ3v) is 5.21. The highest BCUT2D eigenvalue weighted by atomic mass is 16.1. The van der Waals surface area contributed by atoms with Crippen LogP contribution in [-0.2, 0) is 17.8 Å². The minimum atomic E-state index is 0.691. The third-order valence-electron chi connectivity index (χ3n) is 5.21. The predicted octanol–water partition coefficient (Wildman–Crippen LogP) is 3.98. The fourth-order valence-corrected chi connectivity index (χ4v) is 3.99. The molecule has 4 heterocycles. The summed E-state index contributed by atoms with van der Waals surface area (Å²) in [5.41, 5.74) is 7.80. The Hall–Kier alpha value is -3.54. The highest BCUT2D eigenvalue weighted by Crippen LogP contribution is 2.40. The van der Waals surface area contributed by atoms with Crippen LogP contribution in [0.1, 0.15) is 17.8 Å². The number of rotatable bonds is 4. The average molecular weight is 369 g/mol. The molecule has 1 aromatic carbocycles. The van der Waals surface area contributed by atoms with Crippen molar-refractivity contribution in [1.82, 2.24) is 19.7 Å². The maximum Gasteiger partial charge on any atom is 0.211 e. The van der Waals surface area contributed by atoms with Crippen LogP contribution in [0, 0.1) is 6.92 Å². The molecule has 6 heteroatoms. The first-order chi connectivity index (χ1) is 13.7. The lowest BCUT2D eigenvalue weighted by molar-refractivity contribution is -0.105. The number of anilines is 1. The number of hydrogen-bond acceptors (Lipinski definition) is 4. The molecule has 28 heavy (non-hydrogen) atoms. The van der Waals surface area contributed by atoms with Crippen LogP contribution < -0.4 is 5.32 Å². The summed E-state index contributed by atoms with van der Waals surface area (Å²) < 4.78 is 2.11. The van der Waals surface area contributed by atoms with Crippen LogP contribution in [-0.4, -0.2) is 26.2 Å². The Labute approximate surface area is 162 Å². The van der Waals surface area contributed by atoms with Gasteiger partial charge >= 0.3 is 0 Å². The smallest absolute Gasteiger partial charge is 0.211 e. The minimum Gasteiger partial charge on any atom is -0.329 e. The molecule has 138 valence electrons. The Morgan fingerprint density at radius 1 is 1.18 bits per heavy atom. The van der Waals surface area contributed by atoms with E-state index in [-0.39, 0.29) is 0 Å². The maximum absolute atomic E-state index is 10.9. The van der Waals surface area contributed by atoms with Crippen LogP contribution >= 0.6 is 0 Å². The summed E-state index contributed by atoms with van der Waals surface area (Å²) in [6.07, 6.45) is 4.61. The van der Waals surface area contributed by atoms with Crippen molar-refractivity contribution in [3.05, 3.63) is 60.0 Å². The molecule has 1 aliphatic rings. The van der Waals surface area contributed by atoms with Crippen LogP contribution in [0.25, 0.3) is 33.4 Å². The Morgan fingerprint density at radius 3 is 2.96 bits per heavy atom. The van der Waals surface area contributed by atoms with Gasteiger partial charge in [-0.2, -0.15) is 5.10 Å². The van der Waals surface area contributed by atoms with Crippen molar-refractivity contribution in [2.24, 2.45) is 0 Å². The highest BCUT2D eigenvalue weighted by molar-refractivity contribution is 6.00. The van der Waals surface area contributed by atoms with Gasteiger partial charge in [0.2, 0.25) is 6.41 Å². The van der Waals surface area contributed by atoms with E-state index in [0.717, 1.165) is 64.2 Å². The summed E-state index contributed by atoms with van der Waals surface area (Å²) in [5.74, 6) is 0.